The van der Waals surface area contributed by atoms with Crippen LogP contribution in [0.25, 0.3) is 0 Å². The number of carbonyl (C=O) groups excluding carboxylic acids is 2. The van der Waals surface area contributed by atoms with Gasteiger partial charge in [0.2, 0.25) is 12.7 Å². The lowest BCUT2D eigenvalue weighted by atomic mass is 9.62. The number of hydroxylamine groups is 2. The number of fused-ring (bicyclic) bond motifs is 1. The van der Waals surface area contributed by atoms with Gasteiger partial charge in [0.25, 0.3) is 0 Å². The van der Waals surface area contributed by atoms with Crippen molar-refractivity contribution in [2.24, 2.45) is 11.3 Å². The largest absolute Gasteiger partial charge is 0.481 e. The van der Waals surface area contributed by atoms with Crippen molar-refractivity contribution in [2.75, 3.05) is 53.9 Å². The molecule has 0 saturated carbocycles. The molecular formula is C28H33N3O7. The Kier molecular flexibility index (Phi) is 6.51. The summed E-state index contributed by atoms with van der Waals surface area (Å²) >= 11 is 0. The number of likely N-dealkylation sites (N-methyl/N-ethyl adjacent to an activating group) is 1. The lowest BCUT2D eigenvalue weighted by molar-refractivity contribution is -0.122. The van der Waals surface area contributed by atoms with E-state index in [-0.39, 0.29) is 30.4 Å². The maximum absolute atomic E-state index is 14.1. The number of rotatable bonds is 8. The van der Waals surface area contributed by atoms with Crippen LogP contribution in [0.5, 0.6) is 0 Å². The standard InChI is InChI=1S/C28H33N3O7/c1-4-30(23-15-36-9-7-29-23)8-5-6-17-10-20-27-25-19(11-18(32)12-22(25)37-16-38-27)28(20)13-24(34-2)31(35-3)14-21(28)26(17)33/h10-14,17,23,29H,4-9,15-16H2,1-3H3/t17?,23?,28-/m0/s1. The van der Waals surface area contributed by atoms with E-state index in [4.69, 9.17) is 23.8 Å². The van der Waals surface area contributed by atoms with Crippen LogP contribution >= 0.6 is 0 Å². The van der Waals surface area contributed by atoms with Crippen LogP contribution in [0, 0.1) is 11.3 Å². The van der Waals surface area contributed by atoms with E-state index in [0.717, 1.165) is 43.8 Å². The Morgan fingerprint density at radius 2 is 2.05 bits per heavy atom. The van der Waals surface area contributed by atoms with Crippen molar-refractivity contribution < 1.29 is 33.4 Å². The highest BCUT2D eigenvalue weighted by molar-refractivity contribution is 6.09. The Morgan fingerprint density at radius 3 is 2.79 bits per heavy atom. The molecule has 0 aromatic heterocycles. The van der Waals surface area contributed by atoms with Crippen molar-refractivity contribution in [1.29, 1.82) is 0 Å². The minimum atomic E-state index is -1.01. The van der Waals surface area contributed by atoms with Crippen LogP contribution in [0.15, 0.2) is 70.2 Å². The second kappa shape index (κ2) is 9.85. The maximum Gasteiger partial charge on any atom is 0.230 e. The molecule has 1 spiro atoms. The molecule has 2 unspecified atom stereocenters. The van der Waals surface area contributed by atoms with Crippen LogP contribution < -0.4 is 5.32 Å². The average molecular weight is 524 g/mol. The lowest BCUT2D eigenvalue weighted by Crippen LogP contribution is -2.53. The fourth-order valence-corrected chi connectivity index (χ4v) is 6.35. The van der Waals surface area contributed by atoms with Gasteiger partial charge in [0, 0.05) is 35.9 Å². The summed E-state index contributed by atoms with van der Waals surface area (Å²) in [5.74, 6) is 1.00. The second-order valence-electron chi connectivity index (χ2n) is 9.99. The Balaban J connectivity index is 1.37. The molecule has 0 bridgehead atoms. The summed E-state index contributed by atoms with van der Waals surface area (Å²) in [7, 11) is 3.06. The van der Waals surface area contributed by atoms with Gasteiger partial charge >= 0.3 is 0 Å². The molecule has 10 heteroatoms. The first kappa shape index (κ1) is 25.1. The Labute approximate surface area is 221 Å². The quantitative estimate of drug-likeness (QED) is 0.509. The van der Waals surface area contributed by atoms with Gasteiger partial charge < -0.3 is 18.9 Å². The first-order chi connectivity index (χ1) is 18.5. The summed E-state index contributed by atoms with van der Waals surface area (Å²) in [6.45, 7) is 6.12. The Bertz CT molecular complexity index is 1240. The third-order valence-electron chi connectivity index (χ3n) is 8.13. The van der Waals surface area contributed by atoms with Crippen LogP contribution in [0.3, 0.4) is 0 Å². The summed E-state index contributed by atoms with van der Waals surface area (Å²) in [6, 6.07) is 0. The lowest BCUT2D eigenvalue weighted by Gasteiger charge is -2.42. The molecular weight excluding hydrogens is 490 g/mol. The number of ether oxygens (including phenoxy) is 4. The van der Waals surface area contributed by atoms with Gasteiger partial charge in [-0.2, -0.15) is 5.06 Å². The van der Waals surface area contributed by atoms with Gasteiger partial charge in [0.1, 0.15) is 11.5 Å². The molecule has 3 aliphatic carbocycles. The molecule has 202 valence electrons. The van der Waals surface area contributed by atoms with E-state index in [9.17, 15) is 9.59 Å². The zero-order chi connectivity index (χ0) is 26.4. The van der Waals surface area contributed by atoms with Gasteiger partial charge in [-0.3, -0.25) is 24.6 Å². The summed E-state index contributed by atoms with van der Waals surface area (Å²) in [5.41, 5.74) is 1.75. The van der Waals surface area contributed by atoms with Crippen molar-refractivity contribution >= 4 is 11.6 Å². The van der Waals surface area contributed by atoms with Crippen molar-refractivity contribution in [3.8, 4) is 0 Å². The van der Waals surface area contributed by atoms with E-state index in [1.807, 2.05) is 12.2 Å². The van der Waals surface area contributed by atoms with Gasteiger partial charge in [0.15, 0.2) is 11.6 Å². The van der Waals surface area contributed by atoms with Crippen LogP contribution in [0.2, 0.25) is 0 Å². The van der Waals surface area contributed by atoms with E-state index in [0.29, 0.717) is 41.6 Å². The molecule has 0 aromatic carbocycles. The molecule has 10 nitrogen and oxygen atoms in total. The van der Waals surface area contributed by atoms with E-state index >= 15 is 0 Å². The molecule has 0 amide bonds. The smallest absolute Gasteiger partial charge is 0.230 e. The number of nitrogens with zero attached hydrogens (tertiary/aromatic N) is 2. The number of carbonyl (C=O) groups is 2. The fourth-order valence-electron chi connectivity index (χ4n) is 6.35. The average Bonchev–Trinajstić information content (AvgIpc) is 3.20. The maximum atomic E-state index is 14.1. The topological polar surface area (TPSA) is 98.8 Å². The summed E-state index contributed by atoms with van der Waals surface area (Å²) < 4.78 is 23.0. The fraction of sp³-hybridized carbons (Fsp3) is 0.500. The third kappa shape index (κ3) is 3.78. The Hall–Kier alpha value is -3.18. The van der Waals surface area contributed by atoms with Crippen LogP contribution in [0.4, 0.5) is 0 Å². The summed E-state index contributed by atoms with van der Waals surface area (Å²) in [5, 5.41) is 4.96. The highest BCUT2D eigenvalue weighted by atomic mass is 16.7. The monoisotopic (exact) mass is 523 g/mol. The van der Waals surface area contributed by atoms with Gasteiger partial charge in [-0.1, -0.05) is 13.0 Å². The van der Waals surface area contributed by atoms with E-state index in [2.05, 4.69) is 17.1 Å². The summed E-state index contributed by atoms with van der Waals surface area (Å²) in [4.78, 5) is 34.7. The van der Waals surface area contributed by atoms with Gasteiger partial charge in [-0.25, -0.2) is 0 Å². The second-order valence-corrected chi connectivity index (χ2v) is 9.99. The normalized spacial score (nSPS) is 29.8. The number of morpholine rings is 1. The van der Waals surface area contributed by atoms with Crippen LogP contribution in [0.1, 0.15) is 19.8 Å². The number of hydrogen-bond donors (Lipinski definition) is 1. The molecule has 6 rings (SSSR count). The van der Waals surface area contributed by atoms with Crippen molar-refractivity contribution in [1.82, 2.24) is 15.3 Å². The molecule has 3 aliphatic heterocycles. The number of hydrogen-bond acceptors (Lipinski definition) is 10. The molecule has 3 atom stereocenters. The SMILES string of the molecule is CCN(CCCC1C=C2C3=C4C(=CC(=O)C=C4[C@@]24C=C(OC)N(OC)C=C4C1=O)OCO3)C1COCCN1. The first-order valence-corrected chi connectivity index (χ1v) is 13.1. The number of allylic oxidation sites excluding steroid dienone is 7. The van der Waals surface area contributed by atoms with Gasteiger partial charge in [-0.15, -0.1) is 0 Å². The number of Topliss-reactive ketones (excluding diaryl/α,β-unsaturated/α-hetero) is 1. The molecule has 6 aliphatic rings. The number of ketones is 2. The van der Waals surface area contributed by atoms with Crippen molar-refractivity contribution in [3.05, 3.63) is 70.2 Å². The third-order valence-corrected chi connectivity index (χ3v) is 8.13. The van der Waals surface area contributed by atoms with Gasteiger partial charge in [-0.05, 0) is 43.7 Å². The molecule has 0 radical (unpaired) electrons. The predicted octanol–water partition coefficient (Wildman–Crippen LogP) is 2.06. The molecule has 0 aromatic rings. The minimum absolute atomic E-state index is 0.00325. The summed E-state index contributed by atoms with van der Waals surface area (Å²) in [6.07, 6.45) is 10.3. The Morgan fingerprint density at radius 1 is 1.18 bits per heavy atom. The van der Waals surface area contributed by atoms with E-state index in [1.165, 1.54) is 18.2 Å². The molecule has 1 fully saturated rings. The van der Waals surface area contributed by atoms with Crippen molar-refractivity contribution in [2.45, 2.75) is 25.9 Å². The molecule has 1 N–H and O–H groups in total. The number of methoxy groups -OCH3 is 1. The molecule has 1 saturated heterocycles. The van der Waals surface area contributed by atoms with E-state index in [1.54, 1.807) is 19.4 Å². The van der Waals surface area contributed by atoms with E-state index < -0.39 is 5.41 Å². The van der Waals surface area contributed by atoms with Gasteiger partial charge in [0.05, 0.1) is 44.6 Å². The highest BCUT2D eigenvalue weighted by Gasteiger charge is 2.59. The first-order valence-electron chi connectivity index (χ1n) is 13.1. The van der Waals surface area contributed by atoms with Crippen molar-refractivity contribution in [3.63, 3.8) is 0 Å². The zero-order valence-electron chi connectivity index (χ0n) is 22.0. The molecule has 3 heterocycles. The van der Waals surface area contributed by atoms with Crippen LogP contribution in [-0.2, 0) is 33.4 Å². The van der Waals surface area contributed by atoms with Crippen LogP contribution in [-0.4, -0.2) is 81.6 Å². The minimum Gasteiger partial charge on any atom is -0.481 e. The molecule has 38 heavy (non-hydrogen) atoms. The highest BCUT2D eigenvalue weighted by Crippen LogP contribution is 2.63. The predicted molar refractivity (Wildman–Crippen MR) is 135 cm³/mol. The zero-order valence-corrected chi connectivity index (χ0v) is 22.0. The number of nitrogens with one attached hydrogen (secondary N) is 1.